The molecule has 0 amide bonds. The molecule has 0 aliphatic heterocycles. The van der Waals surface area contributed by atoms with Crippen molar-refractivity contribution in [3.63, 3.8) is 0 Å². The van der Waals surface area contributed by atoms with Crippen molar-refractivity contribution in [2.45, 2.75) is 31.0 Å². The van der Waals surface area contributed by atoms with E-state index in [1.165, 1.54) is 23.9 Å². The van der Waals surface area contributed by atoms with Gasteiger partial charge in [-0.1, -0.05) is 6.92 Å². The largest absolute Gasteiger partial charge is 0.392 e. The summed E-state index contributed by atoms with van der Waals surface area (Å²) in [6.45, 7) is 3.64. The van der Waals surface area contributed by atoms with E-state index in [4.69, 9.17) is 11.1 Å². The normalized spacial score (nSPS) is 14.4. The number of rotatable bonds is 5. The van der Waals surface area contributed by atoms with Crippen molar-refractivity contribution in [2.24, 2.45) is 5.73 Å². The van der Waals surface area contributed by atoms with Crippen molar-refractivity contribution in [1.29, 1.82) is 5.41 Å². The summed E-state index contributed by atoms with van der Waals surface area (Å²) < 4.78 is 13.3. The zero-order valence-electron chi connectivity index (χ0n) is 9.90. The number of hydrogen-bond acceptors (Lipinski definition) is 3. The maximum absolute atomic E-state index is 13.3. The third kappa shape index (κ3) is 4.36. The van der Waals surface area contributed by atoms with Crippen LogP contribution in [0.1, 0.15) is 25.0 Å². The molecule has 1 aromatic carbocycles. The van der Waals surface area contributed by atoms with Gasteiger partial charge in [0.05, 0.1) is 6.10 Å². The molecule has 4 N–H and O–H groups in total. The first kappa shape index (κ1) is 14.0. The molecule has 3 nitrogen and oxygen atoms in total. The van der Waals surface area contributed by atoms with Crippen LogP contribution in [0.3, 0.4) is 0 Å². The van der Waals surface area contributed by atoms with E-state index in [1.807, 2.05) is 6.92 Å². The van der Waals surface area contributed by atoms with Crippen LogP contribution < -0.4 is 5.73 Å². The van der Waals surface area contributed by atoms with Crippen LogP contribution in [0.5, 0.6) is 0 Å². The first-order valence-corrected chi connectivity index (χ1v) is 6.38. The van der Waals surface area contributed by atoms with Gasteiger partial charge in [-0.2, -0.15) is 11.8 Å². The number of halogens is 1. The van der Waals surface area contributed by atoms with Gasteiger partial charge in [0.1, 0.15) is 11.7 Å². The summed E-state index contributed by atoms with van der Waals surface area (Å²) in [6, 6.07) is 4.37. The lowest BCUT2D eigenvalue weighted by Gasteiger charge is -2.14. The Kier molecular flexibility index (Phi) is 4.96. The number of nitrogens with two attached hydrogens (primary N) is 1. The summed E-state index contributed by atoms with van der Waals surface area (Å²) in [5.41, 5.74) is 6.49. The summed E-state index contributed by atoms with van der Waals surface area (Å²) in [6.07, 6.45) is -0.402. The van der Waals surface area contributed by atoms with Gasteiger partial charge < -0.3 is 10.8 Å². The fourth-order valence-corrected chi connectivity index (χ4v) is 2.16. The predicted octanol–water partition coefficient (Wildman–Crippen LogP) is 2.11. The second-order valence-electron chi connectivity index (χ2n) is 4.02. The maximum Gasteiger partial charge on any atom is 0.124 e. The Morgan fingerprint density at radius 1 is 1.47 bits per heavy atom. The zero-order chi connectivity index (χ0) is 13.0. The van der Waals surface area contributed by atoms with Crippen molar-refractivity contribution in [3.05, 3.63) is 35.1 Å². The summed E-state index contributed by atoms with van der Waals surface area (Å²) in [7, 11) is 0. The van der Waals surface area contributed by atoms with Crippen LogP contribution in [-0.4, -0.2) is 22.3 Å². The third-order valence-electron chi connectivity index (χ3n) is 2.46. The van der Waals surface area contributed by atoms with Crippen LogP contribution in [0.2, 0.25) is 0 Å². The highest BCUT2D eigenvalue weighted by atomic mass is 32.2. The van der Waals surface area contributed by atoms with E-state index in [-0.39, 0.29) is 11.1 Å². The van der Waals surface area contributed by atoms with Gasteiger partial charge in [0.2, 0.25) is 0 Å². The average molecular weight is 256 g/mol. The minimum atomic E-state index is -0.402. The molecule has 1 aromatic rings. The fourth-order valence-electron chi connectivity index (χ4n) is 1.26. The Bertz CT molecular complexity index is 409. The molecule has 0 heterocycles. The molecule has 0 bridgehead atoms. The summed E-state index contributed by atoms with van der Waals surface area (Å²) in [5.74, 6) is 0.0572. The summed E-state index contributed by atoms with van der Waals surface area (Å²) >= 11 is 1.54. The molecule has 2 unspecified atom stereocenters. The van der Waals surface area contributed by atoms with Crippen LogP contribution in [-0.2, 0) is 5.75 Å². The zero-order valence-corrected chi connectivity index (χ0v) is 10.7. The van der Waals surface area contributed by atoms with Gasteiger partial charge >= 0.3 is 0 Å². The Balaban J connectivity index is 2.74. The second-order valence-corrected chi connectivity index (χ2v) is 5.38. The van der Waals surface area contributed by atoms with Gasteiger partial charge in [-0.15, -0.1) is 0 Å². The van der Waals surface area contributed by atoms with Crippen LogP contribution in [0.25, 0.3) is 0 Å². The molecule has 0 aliphatic carbocycles. The molecule has 0 radical (unpaired) electrons. The van der Waals surface area contributed by atoms with Crippen molar-refractivity contribution in [2.75, 3.05) is 0 Å². The Hall–Kier alpha value is -1.07. The molecule has 2 atom stereocenters. The lowest BCUT2D eigenvalue weighted by Crippen LogP contribution is -2.15. The Morgan fingerprint density at radius 2 is 2.12 bits per heavy atom. The summed E-state index contributed by atoms with van der Waals surface area (Å²) in [5, 5.41) is 16.7. The van der Waals surface area contributed by atoms with E-state index in [2.05, 4.69) is 0 Å². The number of thioether (sulfide) groups is 1. The van der Waals surface area contributed by atoms with Crippen LogP contribution in [0, 0.1) is 11.2 Å². The van der Waals surface area contributed by atoms with Crippen molar-refractivity contribution < 1.29 is 9.50 Å². The minimum absolute atomic E-state index is 0.0824. The average Bonchev–Trinajstić information content (AvgIpc) is 2.24. The van der Waals surface area contributed by atoms with E-state index < -0.39 is 11.9 Å². The molecule has 1 rings (SSSR count). The number of aliphatic hydroxyl groups excluding tert-OH is 1. The first-order valence-electron chi connectivity index (χ1n) is 5.33. The highest BCUT2D eigenvalue weighted by Gasteiger charge is 2.10. The molecule has 0 aromatic heterocycles. The lowest BCUT2D eigenvalue weighted by atomic mass is 10.1. The molecule has 0 aliphatic rings. The number of hydrogen-bond donors (Lipinski definition) is 3. The number of nitrogen functional groups attached to an aromatic ring is 1. The van der Waals surface area contributed by atoms with E-state index in [1.54, 1.807) is 13.0 Å². The smallest absolute Gasteiger partial charge is 0.124 e. The van der Waals surface area contributed by atoms with Crippen LogP contribution >= 0.6 is 11.8 Å². The standard InChI is InChI=1S/C12H17FN2OS/c1-7(16)8(2)17-6-9-3-10(12(14)15)5-11(13)4-9/h3-5,7-8,16H,6H2,1-2H3,(H3,14,15). The summed E-state index contributed by atoms with van der Waals surface area (Å²) in [4.78, 5) is 0. The Morgan fingerprint density at radius 3 is 2.65 bits per heavy atom. The van der Waals surface area contributed by atoms with E-state index in [9.17, 15) is 9.50 Å². The number of benzene rings is 1. The Labute approximate surface area is 105 Å². The van der Waals surface area contributed by atoms with Gasteiger partial charge in [-0.3, -0.25) is 5.41 Å². The van der Waals surface area contributed by atoms with Gasteiger partial charge in [-0.05, 0) is 30.7 Å². The predicted molar refractivity (Wildman–Crippen MR) is 69.9 cm³/mol. The molecule has 5 heteroatoms. The first-order chi connectivity index (χ1) is 7.90. The fraction of sp³-hybridized carbons (Fsp3) is 0.417. The lowest BCUT2D eigenvalue weighted by molar-refractivity contribution is 0.196. The van der Waals surface area contributed by atoms with Gasteiger partial charge in [0.15, 0.2) is 0 Å². The SMILES string of the molecule is CC(O)C(C)SCc1cc(F)cc(C(=N)N)c1. The van der Waals surface area contributed by atoms with E-state index in [0.717, 1.165) is 5.56 Å². The minimum Gasteiger partial charge on any atom is -0.392 e. The molecule has 0 saturated heterocycles. The molecule has 94 valence electrons. The number of nitrogens with one attached hydrogen (secondary N) is 1. The maximum atomic E-state index is 13.3. The van der Waals surface area contributed by atoms with Gasteiger partial charge in [0, 0.05) is 16.6 Å². The quantitative estimate of drug-likeness (QED) is 0.558. The van der Waals surface area contributed by atoms with Crippen molar-refractivity contribution in [1.82, 2.24) is 0 Å². The second kappa shape index (κ2) is 6.02. The molecule has 17 heavy (non-hydrogen) atoms. The van der Waals surface area contributed by atoms with Gasteiger partial charge in [0.25, 0.3) is 0 Å². The van der Waals surface area contributed by atoms with E-state index >= 15 is 0 Å². The van der Waals surface area contributed by atoms with E-state index in [0.29, 0.717) is 11.3 Å². The molecule has 0 fully saturated rings. The van der Waals surface area contributed by atoms with Crippen molar-refractivity contribution >= 4 is 17.6 Å². The van der Waals surface area contributed by atoms with Gasteiger partial charge in [-0.25, -0.2) is 4.39 Å². The number of amidine groups is 1. The third-order valence-corrected chi connectivity index (χ3v) is 3.88. The molecule has 0 spiro atoms. The molecular weight excluding hydrogens is 239 g/mol. The molecule has 0 saturated carbocycles. The van der Waals surface area contributed by atoms with Crippen molar-refractivity contribution in [3.8, 4) is 0 Å². The highest BCUT2D eigenvalue weighted by molar-refractivity contribution is 7.99. The highest BCUT2D eigenvalue weighted by Crippen LogP contribution is 2.21. The monoisotopic (exact) mass is 256 g/mol. The topological polar surface area (TPSA) is 70.1 Å². The molecular formula is C12H17FN2OS. The number of aliphatic hydroxyl groups is 1. The van der Waals surface area contributed by atoms with Crippen LogP contribution in [0.15, 0.2) is 18.2 Å². The van der Waals surface area contributed by atoms with Crippen LogP contribution in [0.4, 0.5) is 4.39 Å².